The van der Waals surface area contributed by atoms with Crippen LogP contribution < -0.4 is 0 Å². The Morgan fingerprint density at radius 2 is 0.922 bits per heavy atom. The molecule has 0 saturated heterocycles. The van der Waals surface area contributed by atoms with Gasteiger partial charge in [0.25, 0.3) is 0 Å². The summed E-state index contributed by atoms with van der Waals surface area (Å²) in [4.78, 5) is 0. The first-order valence-electron chi connectivity index (χ1n) is 17.4. The maximum atomic E-state index is 2.46. The van der Waals surface area contributed by atoms with Crippen LogP contribution in [0.25, 0.3) is 97.4 Å². The summed E-state index contributed by atoms with van der Waals surface area (Å²) in [6.07, 6.45) is 0. The van der Waals surface area contributed by atoms with E-state index in [2.05, 4.69) is 191 Å². The van der Waals surface area contributed by atoms with Crippen molar-refractivity contribution < 1.29 is 0 Å². The highest BCUT2D eigenvalue weighted by Gasteiger charge is 2.21. The van der Waals surface area contributed by atoms with Gasteiger partial charge < -0.3 is 9.13 Å². The van der Waals surface area contributed by atoms with Gasteiger partial charge in [-0.1, -0.05) is 121 Å². The van der Waals surface area contributed by atoms with Crippen molar-refractivity contribution in [2.24, 2.45) is 0 Å². The number of aromatic nitrogens is 2. The van der Waals surface area contributed by atoms with Crippen molar-refractivity contribution in [1.82, 2.24) is 9.13 Å². The lowest BCUT2D eigenvalue weighted by Gasteiger charge is -2.11. The highest BCUT2D eigenvalue weighted by molar-refractivity contribution is 7.26. The topological polar surface area (TPSA) is 9.86 Å². The molecule has 0 unspecified atom stereocenters. The summed E-state index contributed by atoms with van der Waals surface area (Å²) in [5.74, 6) is 0. The van der Waals surface area contributed by atoms with Crippen LogP contribution in [0, 0.1) is 0 Å². The third-order valence-corrected chi connectivity index (χ3v) is 11.7. The van der Waals surface area contributed by atoms with Crippen LogP contribution in [0.1, 0.15) is 0 Å². The largest absolute Gasteiger partial charge is 0.309 e. The van der Waals surface area contributed by atoms with Crippen molar-refractivity contribution in [3.63, 3.8) is 0 Å². The molecule has 0 radical (unpaired) electrons. The molecule has 0 fully saturated rings. The van der Waals surface area contributed by atoms with E-state index in [0.29, 0.717) is 0 Å². The minimum atomic E-state index is 1.15. The molecule has 3 heteroatoms. The van der Waals surface area contributed by atoms with Gasteiger partial charge in [-0.05, 0) is 82.9 Å². The van der Waals surface area contributed by atoms with E-state index in [1.54, 1.807) is 0 Å². The Morgan fingerprint density at radius 1 is 0.314 bits per heavy atom. The van der Waals surface area contributed by atoms with Crippen LogP contribution >= 0.6 is 11.3 Å². The van der Waals surface area contributed by atoms with E-state index >= 15 is 0 Å². The van der Waals surface area contributed by atoms with Crippen LogP contribution in [0.2, 0.25) is 0 Å². The Bertz CT molecular complexity index is 3110. The van der Waals surface area contributed by atoms with Crippen LogP contribution in [-0.2, 0) is 0 Å². The number of benzene rings is 8. The Hall–Kier alpha value is -6.42. The molecule has 0 aliphatic heterocycles. The molecule has 0 aliphatic carbocycles. The fourth-order valence-electron chi connectivity index (χ4n) is 8.19. The molecule has 11 aromatic rings. The van der Waals surface area contributed by atoms with Gasteiger partial charge in [-0.15, -0.1) is 11.3 Å². The summed E-state index contributed by atoms with van der Waals surface area (Å²) in [7, 11) is 0. The number of fused-ring (bicyclic) bond motifs is 10. The third-order valence-electron chi connectivity index (χ3n) is 10.5. The van der Waals surface area contributed by atoms with E-state index in [1.807, 2.05) is 11.3 Å². The molecule has 8 aromatic carbocycles. The monoisotopic (exact) mass is 666 g/mol. The Balaban J connectivity index is 1.16. The zero-order chi connectivity index (χ0) is 33.5. The molecule has 0 atom stereocenters. The third kappa shape index (κ3) is 4.29. The number of nitrogens with zero attached hydrogens (tertiary/aromatic N) is 2. The van der Waals surface area contributed by atoms with E-state index in [-0.39, 0.29) is 0 Å². The van der Waals surface area contributed by atoms with Gasteiger partial charge in [-0.3, -0.25) is 0 Å². The average molecular weight is 667 g/mol. The molecule has 3 aromatic heterocycles. The Labute approximate surface area is 298 Å². The van der Waals surface area contributed by atoms with Gasteiger partial charge in [0.1, 0.15) is 0 Å². The van der Waals surface area contributed by atoms with E-state index < -0.39 is 0 Å². The summed E-state index contributed by atoms with van der Waals surface area (Å²) < 4.78 is 7.58. The van der Waals surface area contributed by atoms with Crippen LogP contribution in [0.3, 0.4) is 0 Å². The second-order valence-electron chi connectivity index (χ2n) is 13.3. The lowest BCUT2D eigenvalue weighted by atomic mass is 9.99. The fraction of sp³-hybridized carbons (Fsp3) is 0. The van der Waals surface area contributed by atoms with E-state index in [4.69, 9.17) is 0 Å². The molecule has 238 valence electrons. The maximum Gasteiger partial charge on any atom is 0.0562 e. The second-order valence-corrected chi connectivity index (χ2v) is 14.4. The summed E-state index contributed by atoms with van der Waals surface area (Å²) in [5, 5.41) is 7.80. The van der Waals surface area contributed by atoms with Gasteiger partial charge in [0.05, 0.1) is 22.1 Å². The number of hydrogen-bond donors (Lipinski definition) is 0. The van der Waals surface area contributed by atoms with Gasteiger partial charge >= 0.3 is 0 Å². The summed E-state index contributed by atoms with van der Waals surface area (Å²) in [6.45, 7) is 0. The van der Waals surface area contributed by atoms with Gasteiger partial charge in [-0.2, -0.15) is 0 Å². The van der Waals surface area contributed by atoms with Crippen molar-refractivity contribution in [1.29, 1.82) is 0 Å². The van der Waals surface area contributed by atoms with E-state index in [1.165, 1.54) is 91.7 Å². The molecule has 0 spiro atoms. The smallest absolute Gasteiger partial charge is 0.0562 e. The first-order valence-corrected chi connectivity index (χ1v) is 18.3. The van der Waals surface area contributed by atoms with E-state index in [0.717, 1.165) is 5.69 Å². The number of para-hydroxylation sites is 2. The van der Waals surface area contributed by atoms with Crippen molar-refractivity contribution in [3.05, 3.63) is 182 Å². The molecular weight excluding hydrogens is 637 g/mol. The normalized spacial score (nSPS) is 11.9. The molecule has 2 nitrogen and oxygen atoms in total. The SMILES string of the molecule is c1ccc(-c2cccc(-c3ccc(-n4c5ccccc5c5cc6c7c8sc9ccccc9c8ccc7n(-c7ccccc7)c6cc54)cc3)c2)cc1. The zero-order valence-electron chi connectivity index (χ0n) is 27.6. The number of thiophene rings is 1. The molecular formula is C48H30N2S. The van der Waals surface area contributed by atoms with Crippen molar-refractivity contribution in [2.75, 3.05) is 0 Å². The summed E-state index contributed by atoms with van der Waals surface area (Å²) >= 11 is 1.91. The Kier molecular flexibility index (Phi) is 6.16. The minimum Gasteiger partial charge on any atom is -0.309 e. The van der Waals surface area contributed by atoms with Crippen molar-refractivity contribution in [2.45, 2.75) is 0 Å². The lowest BCUT2D eigenvalue weighted by molar-refractivity contribution is 1.16. The second kappa shape index (κ2) is 11.0. The lowest BCUT2D eigenvalue weighted by Crippen LogP contribution is -1.96. The zero-order valence-corrected chi connectivity index (χ0v) is 28.4. The van der Waals surface area contributed by atoms with Gasteiger partial charge in [0.15, 0.2) is 0 Å². The molecule has 3 heterocycles. The molecule has 51 heavy (non-hydrogen) atoms. The van der Waals surface area contributed by atoms with E-state index in [9.17, 15) is 0 Å². The van der Waals surface area contributed by atoms with Crippen LogP contribution in [0.4, 0.5) is 0 Å². The molecule has 0 saturated carbocycles. The highest BCUT2D eigenvalue weighted by atomic mass is 32.1. The van der Waals surface area contributed by atoms with Gasteiger partial charge in [-0.25, -0.2) is 0 Å². The van der Waals surface area contributed by atoms with Crippen LogP contribution in [0.5, 0.6) is 0 Å². The molecule has 0 bridgehead atoms. The van der Waals surface area contributed by atoms with Crippen molar-refractivity contribution in [3.8, 4) is 33.6 Å². The first kappa shape index (κ1) is 28.4. The van der Waals surface area contributed by atoms with Crippen LogP contribution in [0.15, 0.2) is 182 Å². The predicted molar refractivity (Wildman–Crippen MR) is 219 cm³/mol. The minimum absolute atomic E-state index is 1.15. The van der Waals surface area contributed by atoms with Crippen molar-refractivity contribution >= 4 is 75.1 Å². The molecule has 0 N–H and O–H groups in total. The van der Waals surface area contributed by atoms with Gasteiger partial charge in [0, 0.05) is 53.1 Å². The fourth-order valence-corrected chi connectivity index (χ4v) is 9.45. The molecule has 0 aliphatic rings. The number of rotatable bonds is 4. The quantitative estimate of drug-likeness (QED) is 0.177. The maximum absolute atomic E-state index is 2.46. The highest BCUT2D eigenvalue weighted by Crippen LogP contribution is 2.45. The predicted octanol–water partition coefficient (Wildman–Crippen LogP) is 13.6. The summed E-state index contributed by atoms with van der Waals surface area (Å²) in [6, 6.07) is 66.5. The first-order chi connectivity index (χ1) is 25.3. The standard InChI is InChI=1S/C48H30N2S/c1-3-12-31(13-4-1)33-14-11-15-34(28-33)32-22-24-36(25-23-32)49-42-20-9-7-18-37(42)40-29-41-45(30-44(40)49)50(35-16-5-2-6-17-35)43-27-26-39-38-19-8-10-21-46(38)51-48(39)47(41)43/h1-30H. The summed E-state index contributed by atoms with van der Waals surface area (Å²) in [5.41, 5.74) is 12.1. The molecule has 11 rings (SSSR count). The van der Waals surface area contributed by atoms with Crippen LogP contribution in [-0.4, -0.2) is 9.13 Å². The molecule has 0 amide bonds. The van der Waals surface area contributed by atoms with Gasteiger partial charge in [0.2, 0.25) is 0 Å². The average Bonchev–Trinajstić information content (AvgIpc) is 3.85. The number of hydrogen-bond acceptors (Lipinski definition) is 1. The Morgan fingerprint density at radius 3 is 1.73 bits per heavy atom.